The van der Waals surface area contributed by atoms with Crippen LogP contribution in [0, 0.1) is 0 Å². The number of nitrogens with two attached hydrogens (primary N) is 1. The summed E-state index contributed by atoms with van der Waals surface area (Å²) < 4.78 is 5.52. The van der Waals surface area contributed by atoms with E-state index in [4.69, 9.17) is 22.1 Å². The Bertz CT molecular complexity index is 572. The first-order chi connectivity index (χ1) is 9.13. The third-order valence-electron chi connectivity index (χ3n) is 2.86. The first kappa shape index (κ1) is 13.7. The molecule has 0 spiro atoms. The molecule has 4 heteroatoms. The summed E-state index contributed by atoms with van der Waals surface area (Å²) in [5.74, 6) is 0.650. The van der Waals surface area contributed by atoms with Crippen LogP contribution in [0.3, 0.4) is 0 Å². The zero-order chi connectivity index (χ0) is 13.8. The summed E-state index contributed by atoms with van der Waals surface area (Å²) in [4.78, 5) is 0. The molecule has 2 rings (SSSR count). The van der Waals surface area contributed by atoms with Crippen LogP contribution in [0.2, 0.25) is 5.02 Å². The fourth-order valence-corrected chi connectivity index (χ4v) is 2.12. The van der Waals surface area contributed by atoms with Gasteiger partial charge in [-0.25, -0.2) is 0 Å². The van der Waals surface area contributed by atoms with Crippen LogP contribution in [-0.2, 0) is 0 Å². The lowest BCUT2D eigenvalue weighted by molar-refractivity contribution is 0.212. The van der Waals surface area contributed by atoms with E-state index in [0.29, 0.717) is 34.2 Å². The van der Waals surface area contributed by atoms with Crippen LogP contribution in [0.4, 0.5) is 5.69 Å². The summed E-state index contributed by atoms with van der Waals surface area (Å²) in [5.41, 5.74) is 7.66. The van der Waals surface area contributed by atoms with Crippen LogP contribution in [0.1, 0.15) is 24.2 Å². The van der Waals surface area contributed by atoms with Crippen LogP contribution >= 0.6 is 11.6 Å². The van der Waals surface area contributed by atoms with Gasteiger partial charge in [0, 0.05) is 21.8 Å². The van der Waals surface area contributed by atoms with Crippen LogP contribution < -0.4 is 10.5 Å². The first-order valence-corrected chi connectivity index (χ1v) is 6.46. The molecular weight excluding hydrogens is 262 g/mol. The maximum Gasteiger partial charge on any atom is 0.125 e. The molecule has 3 nitrogen and oxygen atoms in total. The van der Waals surface area contributed by atoms with Crippen molar-refractivity contribution in [1.29, 1.82) is 0 Å². The van der Waals surface area contributed by atoms with E-state index in [2.05, 4.69) is 0 Å². The van der Waals surface area contributed by atoms with Crippen molar-refractivity contribution in [2.24, 2.45) is 0 Å². The number of ether oxygens (including phenoxy) is 1. The number of para-hydroxylation sites is 1. The van der Waals surface area contributed by atoms with Gasteiger partial charge in [0.05, 0.1) is 6.61 Å². The van der Waals surface area contributed by atoms with E-state index >= 15 is 0 Å². The molecule has 0 aliphatic heterocycles. The monoisotopic (exact) mass is 277 g/mol. The average Bonchev–Trinajstić information content (AvgIpc) is 2.42. The molecule has 3 N–H and O–H groups in total. The Hall–Kier alpha value is -1.71. The molecule has 0 aliphatic carbocycles. The van der Waals surface area contributed by atoms with Crippen molar-refractivity contribution in [3.8, 4) is 5.75 Å². The summed E-state index contributed by atoms with van der Waals surface area (Å²) >= 11 is 5.95. The van der Waals surface area contributed by atoms with Gasteiger partial charge >= 0.3 is 0 Å². The van der Waals surface area contributed by atoms with Crippen molar-refractivity contribution in [2.75, 3.05) is 12.3 Å². The number of hydrogen-bond acceptors (Lipinski definition) is 3. The van der Waals surface area contributed by atoms with Crippen molar-refractivity contribution in [1.82, 2.24) is 0 Å². The Kier molecular flexibility index (Phi) is 4.30. The second-order valence-electron chi connectivity index (χ2n) is 4.15. The SMILES string of the molecule is CCOc1ccccc1C(O)c1cc(Cl)ccc1N. The minimum atomic E-state index is -0.860. The molecule has 0 saturated heterocycles. The maximum absolute atomic E-state index is 10.5. The number of aliphatic hydroxyl groups excluding tert-OH is 1. The van der Waals surface area contributed by atoms with Gasteiger partial charge in [0.15, 0.2) is 0 Å². The number of anilines is 1. The van der Waals surface area contributed by atoms with E-state index in [-0.39, 0.29) is 0 Å². The second-order valence-corrected chi connectivity index (χ2v) is 4.58. The van der Waals surface area contributed by atoms with Gasteiger partial charge in [-0.3, -0.25) is 0 Å². The summed E-state index contributed by atoms with van der Waals surface area (Å²) in [5, 5.41) is 11.0. The molecule has 2 aromatic rings. The Morgan fingerprint density at radius 2 is 1.95 bits per heavy atom. The molecule has 100 valence electrons. The molecule has 0 fully saturated rings. The van der Waals surface area contributed by atoms with Crippen LogP contribution in [0.15, 0.2) is 42.5 Å². The molecule has 19 heavy (non-hydrogen) atoms. The second kappa shape index (κ2) is 5.95. The standard InChI is InChI=1S/C15H16ClNO2/c1-2-19-14-6-4-3-5-11(14)15(18)12-9-10(16)7-8-13(12)17/h3-9,15,18H,2,17H2,1H3. The number of hydrogen-bond donors (Lipinski definition) is 2. The molecule has 0 amide bonds. The van der Waals surface area contributed by atoms with Gasteiger partial charge in [-0.05, 0) is 31.2 Å². The average molecular weight is 278 g/mol. The topological polar surface area (TPSA) is 55.5 Å². The van der Waals surface area contributed by atoms with E-state index in [1.165, 1.54) is 0 Å². The van der Waals surface area contributed by atoms with Crippen molar-refractivity contribution >= 4 is 17.3 Å². The molecular formula is C15H16ClNO2. The Morgan fingerprint density at radius 1 is 1.21 bits per heavy atom. The molecule has 2 aromatic carbocycles. The number of nitrogen functional groups attached to an aromatic ring is 1. The zero-order valence-electron chi connectivity index (χ0n) is 10.6. The van der Waals surface area contributed by atoms with Gasteiger partial charge in [-0.1, -0.05) is 29.8 Å². The van der Waals surface area contributed by atoms with Crippen molar-refractivity contribution < 1.29 is 9.84 Å². The Labute approximate surface area is 117 Å². The lowest BCUT2D eigenvalue weighted by Crippen LogP contribution is -2.06. The van der Waals surface area contributed by atoms with Gasteiger partial charge in [-0.15, -0.1) is 0 Å². The number of aliphatic hydroxyl groups is 1. The molecule has 0 bridgehead atoms. The summed E-state index contributed by atoms with van der Waals surface area (Å²) in [6, 6.07) is 12.4. The first-order valence-electron chi connectivity index (χ1n) is 6.08. The van der Waals surface area contributed by atoms with Crippen LogP contribution in [0.5, 0.6) is 5.75 Å². The zero-order valence-corrected chi connectivity index (χ0v) is 11.4. The van der Waals surface area contributed by atoms with Gasteiger partial charge in [0.1, 0.15) is 11.9 Å². The predicted molar refractivity (Wildman–Crippen MR) is 77.5 cm³/mol. The Balaban J connectivity index is 2.43. The summed E-state index contributed by atoms with van der Waals surface area (Å²) in [6.07, 6.45) is -0.860. The molecule has 0 aromatic heterocycles. The predicted octanol–water partition coefficient (Wildman–Crippen LogP) is 3.40. The molecule has 0 heterocycles. The highest BCUT2D eigenvalue weighted by atomic mass is 35.5. The minimum absolute atomic E-state index is 0.503. The van der Waals surface area contributed by atoms with Crippen LogP contribution in [-0.4, -0.2) is 11.7 Å². The quantitative estimate of drug-likeness (QED) is 0.842. The molecule has 0 radical (unpaired) electrons. The smallest absolute Gasteiger partial charge is 0.125 e. The third kappa shape index (κ3) is 3.00. The fraction of sp³-hybridized carbons (Fsp3) is 0.200. The van der Waals surface area contributed by atoms with Crippen LogP contribution in [0.25, 0.3) is 0 Å². The normalized spacial score (nSPS) is 12.2. The van der Waals surface area contributed by atoms with E-state index < -0.39 is 6.10 Å². The third-order valence-corrected chi connectivity index (χ3v) is 3.09. The van der Waals surface area contributed by atoms with Gasteiger partial charge < -0.3 is 15.6 Å². The fourth-order valence-electron chi connectivity index (χ4n) is 1.94. The molecule has 0 saturated carbocycles. The number of benzene rings is 2. The van der Waals surface area contributed by atoms with Crippen molar-refractivity contribution in [3.63, 3.8) is 0 Å². The van der Waals surface area contributed by atoms with E-state index in [1.807, 2.05) is 31.2 Å². The van der Waals surface area contributed by atoms with Crippen molar-refractivity contribution in [2.45, 2.75) is 13.0 Å². The highest BCUT2D eigenvalue weighted by Crippen LogP contribution is 2.33. The van der Waals surface area contributed by atoms with Gasteiger partial charge in [0.2, 0.25) is 0 Å². The number of halogens is 1. The van der Waals surface area contributed by atoms with E-state index in [1.54, 1.807) is 18.2 Å². The highest BCUT2D eigenvalue weighted by molar-refractivity contribution is 6.30. The maximum atomic E-state index is 10.5. The van der Waals surface area contributed by atoms with Crippen molar-refractivity contribution in [3.05, 3.63) is 58.6 Å². The van der Waals surface area contributed by atoms with E-state index in [9.17, 15) is 5.11 Å². The van der Waals surface area contributed by atoms with Gasteiger partial charge in [-0.2, -0.15) is 0 Å². The number of rotatable bonds is 4. The Morgan fingerprint density at radius 3 is 2.68 bits per heavy atom. The van der Waals surface area contributed by atoms with Gasteiger partial charge in [0.25, 0.3) is 0 Å². The largest absolute Gasteiger partial charge is 0.493 e. The highest BCUT2D eigenvalue weighted by Gasteiger charge is 2.17. The minimum Gasteiger partial charge on any atom is -0.493 e. The van der Waals surface area contributed by atoms with E-state index in [0.717, 1.165) is 0 Å². The summed E-state index contributed by atoms with van der Waals surface area (Å²) in [6.45, 7) is 2.44. The summed E-state index contributed by atoms with van der Waals surface area (Å²) in [7, 11) is 0. The molecule has 1 atom stereocenters. The lowest BCUT2D eigenvalue weighted by atomic mass is 9.99. The molecule has 1 unspecified atom stereocenters. The molecule has 0 aliphatic rings. The lowest BCUT2D eigenvalue weighted by Gasteiger charge is -2.17.